The zero-order chi connectivity index (χ0) is 25.0. The number of fused-ring (bicyclic) bond motifs is 3. The molecule has 0 spiro atoms. The van der Waals surface area contributed by atoms with E-state index in [1.807, 2.05) is 38.1 Å². The van der Waals surface area contributed by atoms with Crippen molar-refractivity contribution in [2.24, 2.45) is 11.3 Å². The number of rotatable bonds is 9. The van der Waals surface area contributed by atoms with Gasteiger partial charge in [0.15, 0.2) is 0 Å². The van der Waals surface area contributed by atoms with Crippen molar-refractivity contribution in [3.63, 3.8) is 0 Å². The van der Waals surface area contributed by atoms with Gasteiger partial charge >= 0.3 is 12.1 Å². The number of alkyl carbamates (subject to hydrolysis) is 1. The smallest absolute Gasteiger partial charge is 0.407 e. The summed E-state index contributed by atoms with van der Waals surface area (Å²) in [4.78, 5) is 36.8. The molecule has 7 nitrogen and oxygen atoms in total. The van der Waals surface area contributed by atoms with Gasteiger partial charge in [-0.3, -0.25) is 9.59 Å². The Hall–Kier alpha value is -3.35. The van der Waals surface area contributed by atoms with Gasteiger partial charge < -0.3 is 20.5 Å². The average molecular weight is 479 g/mol. The molecule has 1 saturated carbocycles. The van der Waals surface area contributed by atoms with Crippen LogP contribution in [0.3, 0.4) is 0 Å². The van der Waals surface area contributed by atoms with E-state index in [9.17, 15) is 14.4 Å². The summed E-state index contributed by atoms with van der Waals surface area (Å²) in [7, 11) is 0. The lowest BCUT2D eigenvalue weighted by Crippen LogP contribution is -2.50. The molecule has 2 amide bonds. The normalized spacial score (nSPS) is 20.4. The Morgan fingerprint density at radius 2 is 1.66 bits per heavy atom. The maximum Gasteiger partial charge on any atom is 0.407 e. The standard InChI is InChI=1S/C28H34N2O5/c1-3-28(2,26(33)30-24-14-8-9-18(24)15-25(31)32)17-29-27(34)35-16-23-21-12-6-4-10-19(21)20-11-5-7-13-22(20)23/h4-7,10-13,18,23-24H,3,8-9,14-17H2,1-2H3,(H,29,34)(H,30,33)(H,31,32)/t18-,24+,28?/m0/s1. The molecule has 0 aromatic heterocycles. The van der Waals surface area contributed by atoms with E-state index < -0.39 is 17.5 Å². The van der Waals surface area contributed by atoms with E-state index in [0.29, 0.717) is 6.42 Å². The van der Waals surface area contributed by atoms with Gasteiger partial charge in [0.2, 0.25) is 5.91 Å². The Labute approximate surface area is 206 Å². The van der Waals surface area contributed by atoms with Crippen LogP contribution in [0.15, 0.2) is 48.5 Å². The van der Waals surface area contributed by atoms with E-state index in [0.717, 1.165) is 30.4 Å². The van der Waals surface area contributed by atoms with Crippen molar-refractivity contribution in [1.29, 1.82) is 0 Å². The molecule has 0 aliphatic heterocycles. The number of amides is 2. The van der Waals surface area contributed by atoms with Crippen LogP contribution in [-0.2, 0) is 14.3 Å². The lowest BCUT2D eigenvalue weighted by Gasteiger charge is -2.30. The van der Waals surface area contributed by atoms with E-state index in [1.54, 1.807) is 0 Å². The molecular formula is C28H34N2O5. The Morgan fingerprint density at radius 1 is 1.03 bits per heavy atom. The number of carboxylic acids is 1. The summed E-state index contributed by atoms with van der Waals surface area (Å²) in [5.74, 6) is -1.08. The van der Waals surface area contributed by atoms with Crippen molar-refractivity contribution in [3.8, 4) is 11.1 Å². The first kappa shape index (κ1) is 24.8. The first-order valence-electron chi connectivity index (χ1n) is 12.4. The van der Waals surface area contributed by atoms with Crippen LogP contribution in [-0.4, -0.2) is 42.3 Å². The molecule has 4 rings (SSSR count). The van der Waals surface area contributed by atoms with Gasteiger partial charge in [0.25, 0.3) is 0 Å². The number of carbonyl (C=O) groups is 3. The van der Waals surface area contributed by atoms with Crippen molar-refractivity contribution < 1.29 is 24.2 Å². The van der Waals surface area contributed by atoms with Crippen LogP contribution in [0.25, 0.3) is 11.1 Å². The quantitative estimate of drug-likeness (QED) is 0.485. The topological polar surface area (TPSA) is 105 Å². The van der Waals surface area contributed by atoms with E-state index >= 15 is 0 Å². The second-order valence-corrected chi connectivity index (χ2v) is 9.96. The third kappa shape index (κ3) is 5.34. The van der Waals surface area contributed by atoms with Gasteiger partial charge in [-0.05, 0) is 54.4 Å². The summed E-state index contributed by atoms with van der Waals surface area (Å²) in [6, 6.07) is 16.2. The zero-order valence-electron chi connectivity index (χ0n) is 20.4. The molecule has 1 unspecified atom stereocenters. The van der Waals surface area contributed by atoms with Crippen LogP contribution in [0.4, 0.5) is 4.79 Å². The molecule has 0 radical (unpaired) electrons. The van der Waals surface area contributed by atoms with Crippen LogP contribution in [0.1, 0.15) is 63.0 Å². The fraction of sp³-hybridized carbons (Fsp3) is 0.464. The largest absolute Gasteiger partial charge is 0.481 e. The molecule has 3 atom stereocenters. The summed E-state index contributed by atoms with van der Waals surface area (Å²) in [6.07, 6.45) is 2.53. The summed E-state index contributed by atoms with van der Waals surface area (Å²) in [5, 5.41) is 15.0. The first-order chi connectivity index (χ1) is 16.8. The summed E-state index contributed by atoms with van der Waals surface area (Å²) in [5.41, 5.74) is 3.81. The second kappa shape index (κ2) is 10.5. The number of carboxylic acid groups (broad SMARTS) is 1. The minimum Gasteiger partial charge on any atom is -0.481 e. The van der Waals surface area contributed by atoms with E-state index in [1.165, 1.54) is 11.1 Å². The zero-order valence-corrected chi connectivity index (χ0v) is 20.4. The van der Waals surface area contributed by atoms with E-state index in [-0.39, 0.29) is 43.4 Å². The lowest BCUT2D eigenvalue weighted by molar-refractivity contribution is -0.139. The molecule has 0 saturated heterocycles. The van der Waals surface area contributed by atoms with Gasteiger partial charge in [0, 0.05) is 18.5 Å². The number of nitrogens with one attached hydrogen (secondary N) is 2. The molecule has 2 aliphatic carbocycles. The number of hydrogen-bond acceptors (Lipinski definition) is 4. The van der Waals surface area contributed by atoms with Gasteiger partial charge in [0.1, 0.15) is 6.61 Å². The Bertz CT molecular complexity index is 1050. The van der Waals surface area contributed by atoms with E-state index in [4.69, 9.17) is 9.84 Å². The highest BCUT2D eigenvalue weighted by molar-refractivity contribution is 5.83. The molecular weight excluding hydrogens is 444 g/mol. The third-order valence-corrected chi connectivity index (χ3v) is 7.71. The molecule has 2 aromatic rings. The number of ether oxygens (including phenoxy) is 1. The van der Waals surface area contributed by atoms with Crippen LogP contribution < -0.4 is 10.6 Å². The van der Waals surface area contributed by atoms with Gasteiger partial charge in [-0.2, -0.15) is 0 Å². The fourth-order valence-electron chi connectivity index (χ4n) is 5.32. The number of benzene rings is 2. The maximum absolute atomic E-state index is 13.1. The monoisotopic (exact) mass is 478 g/mol. The lowest BCUT2D eigenvalue weighted by atomic mass is 9.85. The SMILES string of the molecule is CCC(C)(CNC(=O)OCC1c2ccccc2-c2ccccc21)C(=O)N[C@@H]1CCC[C@H]1CC(=O)O. The maximum atomic E-state index is 13.1. The van der Waals surface area contributed by atoms with E-state index in [2.05, 4.69) is 34.9 Å². The van der Waals surface area contributed by atoms with Crippen LogP contribution in [0.5, 0.6) is 0 Å². The Balaban J connectivity index is 1.33. The minimum atomic E-state index is -0.841. The molecule has 0 bridgehead atoms. The van der Waals surface area contributed by atoms with Gasteiger partial charge in [-0.25, -0.2) is 4.79 Å². The summed E-state index contributed by atoms with van der Waals surface area (Å²) < 4.78 is 5.61. The molecule has 0 heterocycles. The van der Waals surface area contributed by atoms with Crippen molar-refractivity contribution in [2.75, 3.05) is 13.2 Å². The minimum absolute atomic E-state index is 0.0254. The molecule has 2 aromatic carbocycles. The molecule has 2 aliphatic rings. The highest BCUT2D eigenvalue weighted by Crippen LogP contribution is 2.44. The number of hydrogen-bond donors (Lipinski definition) is 3. The predicted molar refractivity (Wildman–Crippen MR) is 133 cm³/mol. The number of aliphatic carboxylic acids is 1. The van der Waals surface area contributed by atoms with Crippen molar-refractivity contribution >= 4 is 18.0 Å². The average Bonchev–Trinajstić information content (AvgIpc) is 3.42. The predicted octanol–water partition coefficient (Wildman–Crippen LogP) is 4.70. The Morgan fingerprint density at radius 3 is 2.26 bits per heavy atom. The molecule has 1 fully saturated rings. The summed E-state index contributed by atoms with van der Waals surface area (Å²) >= 11 is 0. The van der Waals surface area contributed by atoms with Gasteiger partial charge in [-0.15, -0.1) is 0 Å². The Kier molecular flexibility index (Phi) is 7.43. The molecule has 186 valence electrons. The van der Waals surface area contributed by atoms with Crippen LogP contribution >= 0.6 is 0 Å². The number of carbonyl (C=O) groups excluding carboxylic acids is 2. The first-order valence-corrected chi connectivity index (χ1v) is 12.4. The summed E-state index contributed by atoms with van der Waals surface area (Å²) in [6.45, 7) is 4.08. The molecule has 3 N–H and O–H groups in total. The van der Waals surface area contributed by atoms with Crippen LogP contribution in [0, 0.1) is 11.3 Å². The van der Waals surface area contributed by atoms with Gasteiger partial charge in [0.05, 0.1) is 11.8 Å². The highest BCUT2D eigenvalue weighted by Gasteiger charge is 2.37. The second-order valence-electron chi connectivity index (χ2n) is 9.96. The highest BCUT2D eigenvalue weighted by atomic mass is 16.5. The van der Waals surface area contributed by atoms with Crippen molar-refractivity contribution in [1.82, 2.24) is 10.6 Å². The van der Waals surface area contributed by atoms with Crippen molar-refractivity contribution in [3.05, 3.63) is 59.7 Å². The van der Waals surface area contributed by atoms with Crippen LogP contribution in [0.2, 0.25) is 0 Å². The molecule has 35 heavy (non-hydrogen) atoms. The molecule has 7 heteroatoms. The van der Waals surface area contributed by atoms with Gasteiger partial charge in [-0.1, -0.05) is 61.9 Å². The van der Waals surface area contributed by atoms with Crippen molar-refractivity contribution in [2.45, 2.75) is 57.9 Å². The fourth-order valence-corrected chi connectivity index (χ4v) is 5.32. The third-order valence-electron chi connectivity index (χ3n) is 7.71.